The first-order chi connectivity index (χ1) is 10.8. The summed E-state index contributed by atoms with van der Waals surface area (Å²) in [7, 11) is 1.68. The molecule has 2 aromatic rings. The van der Waals surface area contributed by atoms with Crippen LogP contribution in [-0.2, 0) is 6.42 Å². The van der Waals surface area contributed by atoms with Crippen molar-refractivity contribution in [3.8, 4) is 5.75 Å². The van der Waals surface area contributed by atoms with E-state index in [4.69, 9.17) is 4.74 Å². The highest BCUT2D eigenvalue weighted by atomic mass is 16.5. The molecule has 0 saturated heterocycles. The summed E-state index contributed by atoms with van der Waals surface area (Å²) in [5, 5.41) is 13.6. The lowest BCUT2D eigenvalue weighted by atomic mass is 10.1. The molecular formula is C19H21NO2. The maximum absolute atomic E-state index is 10.2. The van der Waals surface area contributed by atoms with Gasteiger partial charge in [-0.15, -0.1) is 0 Å². The van der Waals surface area contributed by atoms with E-state index < -0.39 is 0 Å². The third-order valence-corrected chi connectivity index (χ3v) is 4.10. The maximum Gasteiger partial charge on any atom is 0.126 e. The molecule has 0 fully saturated rings. The van der Waals surface area contributed by atoms with E-state index in [2.05, 4.69) is 23.5 Å². The van der Waals surface area contributed by atoms with Gasteiger partial charge in [0.1, 0.15) is 5.75 Å². The molecule has 3 heteroatoms. The third kappa shape index (κ3) is 3.06. The molecule has 114 valence electrons. The molecule has 0 amide bonds. The van der Waals surface area contributed by atoms with Gasteiger partial charge in [-0.3, -0.25) is 0 Å². The summed E-state index contributed by atoms with van der Waals surface area (Å²) in [6.45, 7) is 0.702. The van der Waals surface area contributed by atoms with E-state index in [0.717, 1.165) is 17.7 Å². The van der Waals surface area contributed by atoms with E-state index >= 15 is 0 Å². The Hall–Kier alpha value is -2.10. The van der Waals surface area contributed by atoms with Crippen LogP contribution in [0.25, 0.3) is 6.08 Å². The fourth-order valence-corrected chi connectivity index (χ4v) is 3.00. The highest BCUT2D eigenvalue weighted by molar-refractivity contribution is 5.57. The molecule has 3 nitrogen and oxygen atoms in total. The second kappa shape index (κ2) is 6.77. The monoisotopic (exact) mass is 295 g/mol. The molecule has 2 aromatic carbocycles. The van der Waals surface area contributed by atoms with Gasteiger partial charge in [0.2, 0.25) is 0 Å². The standard InChI is InChI=1S/C19H21NO2/c1-22-18-11-5-3-7-14(18)9-6-12-20-19-16-10-4-2-8-15(16)13-17(19)21/h2-11,17,19-21H,12-13H2,1H3/t17-,19+/m1/s1. The van der Waals surface area contributed by atoms with Crippen LogP contribution in [0.1, 0.15) is 22.7 Å². The SMILES string of the molecule is COc1ccccc1C=CCN[C@H]1c2ccccc2C[C@H]1O. The maximum atomic E-state index is 10.2. The topological polar surface area (TPSA) is 41.5 Å². The van der Waals surface area contributed by atoms with E-state index in [1.807, 2.05) is 42.5 Å². The summed E-state index contributed by atoms with van der Waals surface area (Å²) in [4.78, 5) is 0. The molecule has 0 aliphatic heterocycles. The van der Waals surface area contributed by atoms with Crippen LogP contribution in [0.4, 0.5) is 0 Å². The van der Waals surface area contributed by atoms with Gasteiger partial charge in [0.25, 0.3) is 0 Å². The summed E-state index contributed by atoms with van der Waals surface area (Å²) >= 11 is 0. The Morgan fingerprint density at radius 3 is 2.82 bits per heavy atom. The number of methoxy groups -OCH3 is 1. The lowest BCUT2D eigenvalue weighted by Gasteiger charge is -2.16. The van der Waals surface area contributed by atoms with Crippen molar-refractivity contribution in [3.63, 3.8) is 0 Å². The molecule has 1 aliphatic carbocycles. The number of rotatable bonds is 5. The predicted octanol–water partition coefficient (Wildman–Crippen LogP) is 2.96. The zero-order chi connectivity index (χ0) is 15.4. The molecule has 0 heterocycles. The Bertz CT molecular complexity index is 666. The molecule has 2 N–H and O–H groups in total. The zero-order valence-electron chi connectivity index (χ0n) is 12.7. The Balaban J connectivity index is 1.63. The minimum atomic E-state index is -0.350. The quantitative estimate of drug-likeness (QED) is 0.891. The van der Waals surface area contributed by atoms with Gasteiger partial charge >= 0.3 is 0 Å². The van der Waals surface area contributed by atoms with Crippen molar-refractivity contribution in [2.75, 3.05) is 13.7 Å². The minimum Gasteiger partial charge on any atom is -0.496 e. The molecule has 3 rings (SSSR count). The molecule has 0 aromatic heterocycles. The second-order valence-corrected chi connectivity index (χ2v) is 5.50. The second-order valence-electron chi connectivity index (χ2n) is 5.50. The van der Waals surface area contributed by atoms with Crippen molar-refractivity contribution < 1.29 is 9.84 Å². The summed E-state index contributed by atoms with van der Waals surface area (Å²) in [6.07, 6.45) is 4.48. The van der Waals surface area contributed by atoms with Crippen molar-refractivity contribution in [1.29, 1.82) is 0 Å². The summed E-state index contributed by atoms with van der Waals surface area (Å²) < 4.78 is 5.33. The normalized spacial score (nSPS) is 20.3. The van der Waals surface area contributed by atoms with E-state index in [1.54, 1.807) is 7.11 Å². The molecule has 1 aliphatic rings. The number of para-hydroxylation sites is 1. The minimum absolute atomic E-state index is 0.0125. The average molecular weight is 295 g/mol. The Morgan fingerprint density at radius 1 is 1.18 bits per heavy atom. The molecule has 0 unspecified atom stereocenters. The summed E-state index contributed by atoms with van der Waals surface area (Å²) in [5.41, 5.74) is 3.50. The number of benzene rings is 2. The highest BCUT2D eigenvalue weighted by Crippen LogP contribution is 2.31. The van der Waals surface area contributed by atoms with E-state index in [1.165, 1.54) is 11.1 Å². The number of nitrogens with one attached hydrogen (secondary N) is 1. The first-order valence-corrected chi connectivity index (χ1v) is 7.58. The van der Waals surface area contributed by atoms with Gasteiger partial charge in [0.05, 0.1) is 19.3 Å². The molecule has 0 saturated carbocycles. The largest absolute Gasteiger partial charge is 0.496 e. The lowest BCUT2D eigenvalue weighted by molar-refractivity contribution is 0.143. The van der Waals surface area contributed by atoms with Crippen LogP contribution < -0.4 is 10.1 Å². The van der Waals surface area contributed by atoms with Crippen molar-refractivity contribution in [3.05, 3.63) is 71.3 Å². The van der Waals surface area contributed by atoms with E-state index in [9.17, 15) is 5.11 Å². The van der Waals surface area contributed by atoms with E-state index in [-0.39, 0.29) is 12.1 Å². The number of hydrogen-bond donors (Lipinski definition) is 2. The molecular weight excluding hydrogens is 274 g/mol. The molecule has 0 bridgehead atoms. The van der Waals surface area contributed by atoms with Gasteiger partial charge in [-0.1, -0.05) is 54.6 Å². The molecule has 0 spiro atoms. The number of fused-ring (bicyclic) bond motifs is 1. The number of aliphatic hydroxyl groups is 1. The van der Waals surface area contributed by atoms with Crippen molar-refractivity contribution in [2.24, 2.45) is 0 Å². The summed E-state index contributed by atoms with van der Waals surface area (Å²) in [6, 6.07) is 16.2. The zero-order valence-corrected chi connectivity index (χ0v) is 12.7. The average Bonchev–Trinajstić information content (AvgIpc) is 2.87. The fourth-order valence-electron chi connectivity index (χ4n) is 3.00. The molecule has 0 radical (unpaired) electrons. The number of aliphatic hydroxyl groups excluding tert-OH is 1. The van der Waals surface area contributed by atoms with Gasteiger partial charge in [-0.2, -0.15) is 0 Å². The van der Waals surface area contributed by atoms with Crippen molar-refractivity contribution in [1.82, 2.24) is 5.32 Å². The summed E-state index contributed by atoms with van der Waals surface area (Å²) in [5.74, 6) is 0.866. The third-order valence-electron chi connectivity index (χ3n) is 4.10. The molecule has 22 heavy (non-hydrogen) atoms. The predicted molar refractivity (Wildman–Crippen MR) is 88.9 cm³/mol. The Kier molecular flexibility index (Phi) is 4.56. The van der Waals surface area contributed by atoms with Crippen LogP contribution in [0.15, 0.2) is 54.6 Å². The van der Waals surface area contributed by atoms with Gasteiger partial charge < -0.3 is 15.2 Å². The van der Waals surface area contributed by atoms with Gasteiger partial charge in [-0.05, 0) is 17.2 Å². The number of ether oxygens (including phenoxy) is 1. The molecule has 2 atom stereocenters. The van der Waals surface area contributed by atoms with Crippen molar-refractivity contribution in [2.45, 2.75) is 18.6 Å². The van der Waals surface area contributed by atoms with E-state index in [0.29, 0.717) is 6.54 Å². The van der Waals surface area contributed by atoms with Crippen LogP contribution in [0.5, 0.6) is 5.75 Å². The first kappa shape index (κ1) is 14.8. The van der Waals surface area contributed by atoms with Crippen LogP contribution in [0.3, 0.4) is 0 Å². The smallest absolute Gasteiger partial charge is 0.126 e. The fraction of sp³-hybridized carbons (Fsp3) is 0.263. The van der Waals surface area contributed by atoms with Gasteiger partial charge in [0, 0.05) is 18.5 Å². The Morgan fingerprint density at radius 2 is 1.95 bits per heavy atom. The highest BCUT2D eigenvalue weighted by Gasteiger charge is 2.29. The van der Waals surface area contributed by atoms with Crippen LogP contribution >= 0.6 is 0 Å². The van der Waals surface area contributed by atoms with Crippen LogP contribution in [0, 0.1) is 0 Å². The Labute approximate surface area is 131 Å². The van der Waals surface area contributed by atoms with Gasteiger partial charge in [-0.25, -0.2) is 0 Å². The van der Waals surface area contributed by atoms with Crippen LogP contribution in [-0.4, -0.2) is 24.9 Å². The first-order valence-electron chi connectivity index (χ1n) is 7.58. The lowest BCUT2D eigenvalue weighted by Crippen LogP contribution is -2.28. The van der Waals surface area contributed by atoms with Gasteiger partial charge in [0.15, 0.2) is 0 Å². The number of hydrogen-bond acceptors (Lipinski definition) is 3. The van der Waals surface area contributed by atoms with Crippen molar-refractivity contribution >= 4 is 6.08 Å². The van der Waals surface area contributed by atoms with Crippen LogP contribution in [0.2, 0.25) is 0 Å².